The van der Waals surface area contributed by atoms with Crippen molar-refractivity contribution in [2.75, 3.05) is 0 Å². The molecule has 0 aliphatic heterocycles. The summed E-state index contributed by atoms with van der Waals surface area (Å²) in [7, 11) is 0. The number of unbranched alkanes of at least 4 members (excludes halogenated alkanes) is 7. The van der Waals surface area contributed by atoms with Crippen LogP contribution in [0.3, 0.4) is 0 Å². The average molecular weight is 407 g/mol. The van der Waals surface area contributed by atoms with E-state index in [-0.39, 0.29) is 47.3 Å². The summed E-state index contributed by atoms with van der Waals surface area (Å²) in [5, 5.41) is 23.9. The fraction of sp³-hybridized carbons (Fsp3) is 0.857. The zero-order valence-corrected chi connectivity index (χ0v) is 20.8. The van der Waals surface area contributed by atoms with Crippen molar-refractivity contribution < 1.29 is 49.4 Å². The Morgan fingerprint density at radius 1 is 0.929 bits per heavy atom. The van der Waals surface area contributed by atoms with E-state index < -0.39 is 24.0 Å². The number of nitrogens with zero attached hydrogens (tertiary/aromatic N) is 1. The van der Waals surface area contributed by atoms with Crippen LogP contribution >= 0.6 is 0 Å². The number of nitrogens with one attached hydrogen (secondary N) is 1. The van der Waals surface area contributed by atoms with Gasteiger partial charge in [0.1, 0.15) is 12.1 Å². The van der Waals surface area contributed by atoms with Gasteiger partial charge in [-0.05, 0) is 30.6 Å². The number of rotatable bonds is 15. The molecule has 0 saturated carbocycles. The molecule has 1 amide bonds. The van der Waals surface area contributed by atoms with Gasteiger partial charge >= 0.3 is 35.5 Å². The summed E-state index contributed by atoms with van der Waals surface area (Å²) in [6, 6.07) is -1.82. The van der Waals surface area contributed by atoms with Gasteiger partial charge in [0, 0.05) is 0 Å². The predicted molar refractivity (Wildman–Crippen MR) is 108 cm³/mol. The number of hydrogen-bond donors (Lipinski definition) is 2. The van der Waals surface area contributed by atoms with Gasteiger partial charge in [0.15, 0.2) is 0 Å². The predicted octanol–water partition coefficient (Wildman–Crippen LogP) is 0.530. The third-order valence-corrected chi connectivity index (χ3v) is 4.66. The number of carboxylic acid groups (broad SMARTS) is 1. The average Bonchev–Trinajstić information content (AvgIpc) is 2.58. The minimum absolute atomic E-state index is 0. The SMILES string of the molecule is CCCCCCCCCCC([O-])=N[C@H](C(=O)N[C@H](C(=O)O)C(C)C)C(C)C.[Na+]. The van der Waals surface area contributed by atoms with E-state index in [2.05, 4.69) is 17.2 Å². The Bertz CT molecular complexity index is 467. The Morgan fingerprint density at radius 3 is 1.86 bits per heavy atom. The topological polar surface area (TPSA) is 102 Å². The van der Waals surface area contributed by atoms with Gasteiger partial charge in [0.05, 0.1) is 0 Å². The van der Waals surface area contributed by atoms with E-state index in [1.165, 1.54) is 32.1 Å². The molecule has 2 atom stereocenters. The summed E-state index contributed by atoms with van der Waals surface area (Å²) in [6.07, 6.45) is 9.52. The van der Waals surface area contributed by atoms with Gasteiger partial charge in [-0.15, -0.1) is 0 Å². The van der Waals surface area contributed by atoms with Crippen LogP contribution < -0.4 is 40.0 Å². The molecule has 0 aromatic carbocycles. The zero-order valence-electron chi connectivity index (χ0n) is 18.8. The Labute approximate surface area is 193 Å². The number of carbonyl (C=O) groups is 2. The summed E-state index contributed by atoms with van der Waals surface area (Å²) in [5.41, 5.74) is 0. The van der Waals surface area contributed by atoms with Gasteiger partial charge in [0.25, 0.3) is 0 Å². The van der Waals surface area contributed by atoms with Crippen LogP contribution in [-0.2, 0) is 9.59 Å². The van der Waals surface area contributed by atoms with Crippen molar-refractivity contribution >= 4 is 17.8 Å². The third kappa shape index (κ3) is 13.6. The molecule has 0 bridgehead atoms. The van der Waals surface area contributed by atoms with Crippen LogP contribution in [0.2, 0.25) is 0 Å². The minimum Gasteiger partial charge on any atom is -0.862 e. The second-order valence-corrected chi connectivity index (χ2v) is 8.01. The molecular weight excluding hydrogens is 367 g/mol. The van der Waals surface area contributed by atoms with E-state index >= 15 is 0 Å². The molecule has 0 aliphatic carbocycles. The van der Waals surface area contributed by atoms with Gasteiger partial charge in [-0.25, -0.2) is 4.79 Å². The van der Waals surface area contributed by atoms with Crippen LogP contribution in [0.15, 0.2) is 4.99 Å². The standard InChI is InChI=1S/C21H40N2O4.Na/c1-6-7-8-9-10-11-12-13-14-17(24)22-18(15(2)3)20(25)23-19(16(4)5)21(26)27;/h15-16,18-19H,6-14H2,1-5H3,(H,22,24)(H,23,25)(H,26,27);/q;+1/p-1/t18-,19-;/m0./s1. The van der Waals surface area contributed by atoms with Crippen molar-refractivity contribution in [3.8, 4) is 0 Å². The van der Waals surface area contributed by atoms with Crippen molar-refractivity contribution in [2.24, 2.45) is 16.8 Å². The number of carboxylic acids is 1. The fourth-order valence-electron chi connectivity index (χ4n) is 2.89. The smallest absolute Gasteiger partial charge is 0.862 e. The van der Waals surface area contributed by atoms with Crippen LogP contribution in [0, 0.1) is 11.8 Å². The van der Waals surface area contributed by atoms with Crippen LogP contribution in [0.25, 0.3) is 0 Å². The van der Waals surface area contributed by atoms with E-state index in [0.717, 1.165) is 19.3 Å². The van der Waals surface area contributed by atoms with Crippen LogP contribution in [0.5, 0.6) is 0 Å². The van der Waals surface area contributed by atoms with Crippen molar-refractivity contribution in [3.63, 3.8) is 0 Å². The van der Waals surface area contributed by atoms with E-state index in [0.29, 0.717) is 6.42 Å². The van der Waals surface area contributed by atoms with E-state index in [9.17, 15) is 19.8 Å². The molecule has 0 saturated heterocycles. The molecule has 0 aromatic rings. The van der Waals surface area contributed by atoms with E-state index in [1.807, 2.05) is 13.8 Å². The maximum Gasteiger partial charge on any atom is 1.00 e. The second kappa shape index (κ2) is 17.3. The number of amides is 1. The second-order valence-electron chi connectivity index (χ2n) is 8.01. The summed E-state index contributed by atoms with van der Waals surface area (Å²) < 4.78 is 0. The summed E-state index contributed by atoms with van der Waals surface area (Å²) in [5.74, 6) is -2.26. The summed E-state index contributed by atoms with van der Waals surface area (Å²) in [4.78, 5) is 27.7. The maximum atomic E-state index is 12.4. The maximum absolute atomic E-state index is 12.4. The van der Waals surface area contributed by atoms with Gasteiger partial charge in [-0.3, -0.25) is 9.79 Å². The van der Waals surface area contributed by atoms with Gasteiger partial charge in [-0.2, -0.15) is 0 Å². The molecule has 6 nitrogen and oxygen atoms in total. The molecule has 0 fully saturated rings. The molecule has 0 aliphatic rings. The Kier molecular flexibility index (Phi) is 18.3. The van der Waals surface area contributed by atoms with Crippen molar-refractivity contribution in [1.82, 2.24) is 5.32 Å². The largest absolute Gasteiger partial charge is 1.00 e. The van der Waals surface area contributed by atoms with Crippen LogP contribution in [0.4, 0.5) is 0 Å². The Morgan fingerprint density at radius 2 is 1.43 bits per heavy atom. The molecule has 0 unspecified atom stereocenters. The summed E-state index contributed by atoms with van der Waals surface area (Å²) >= 11 is 0. The Balaban J connectivity index is 0. The molecule has 0 heterocycles. The number of carbonyl (C=O) groups excluding carboxylic acids is 1. The first-order valence-corrected chi connectivity index (χ1v) is 10.5. The van der Waals surface area contributed by atoms with E-state index in [4.69, 9.17) is 0 Å². The third-order valence-electron chi connectivity index (χ3n) is 4.66. The van der Waals surface area contributed by atoms with Gasteiger partial charge < -0.3 is 15.5 Å². The van der Waals surface area contributed by atoms with Crippen molar-refractivity contribution in [3.05, 3.63) is 0 Å². The number of aliphatic imine (C=N–C) groups is 1. The quantitative estimate of drug-likeness (QED) is 0.179. The molecule has 2 N–H and O–H groups in total. The molecule has 0 spiro atoms. The molecule has 28 heavy (non-hydrogen) atoms. The summed E-state index contributed by atoms with van der Waals surface area (Å²) in [6.45, 7) is 9.28. The Hall–Kier alpha value is -0.590. The monoisotopic (exact) mass is 406 g/mol. The molecule has 0 aromatic heterocycles. The van der Waals surface area contributed by atoms with Crippen LogP contribution in [0.1, 0.15) is 92.4 Å². The molecule has 0 rings (SSSR count). The zero-order chi connectivity index (χ0) is 20.8. The molecular formula is C21H39N2NaO4. The molecule has 7 heteroatoms. The van der Waals surface area contributed by atoms with Gasteiger partial charge in [0.2, 0.25) is 5.91 Å². The van der Waals surface area contributed by atoms with Gasteiger partial charge in [-0.1, -0.05) is 79.6 Å². The first-order chi connectivity index (χ1) is 12.7. The van der Waals surface area contributed by atoms with Crippen molar-refractivity contribution in [1.29, 1.82) is 0 Å². The number of hydrogen-bond acceptors (Lipinski definition) is 4. The molecule has 0 radical (unpaired) electrons. The fourth-order valence-corrected chi connectivity index (χ4v) is 2.89. The van der Waals surface area contributed by atoms with Crippen LogP contribution in [-0.4, -0.2) is 35.0 Å². The minimum atomic E-state index is -1.08. The first kappa shape index (κ1) is 29.6. The number of aliphatic carboxylic acids is 1. The molecule has 158 valence electrons. The normalized spacial score (nSPS) is 13.9. The van der Waals surface area contributed by atoms with Crippen molar-refractivity contribution in [2.45, 2.75) is 104 Å². The van der Waals surface area contributed by atoms with E-state index in [1.54, 1.807) is 13.8 Å². The first-order valence-electron chi connectivity index (χ1n) is 10.5.